The third-order valence-electron chi connectivity index (χ3n) is 4.25. The van der Waals surface area contributed by atoms with Gasteiger partial charge in [0.15, 0.2) is 0 Å². The summed E-state index contributed by atoms with van der Waals surface area (Å²) in [6.45, 7) is 3.02. The Balaban J connectivity index is 1.94. The normalized spacial score (nSPS) is 24.0. The van der Waals surface area contributed by atoms with E-state index in [1.165, 1.54) is 0 Å². The molecule has 2 rings (SSSR count). The lowest BCUT2D eigenvalue weighted by Crippen LogP contribution is -2.50. The Kier molecular flexibility index (Phi) is 7.34. The Morgan fingerprint density at radius 1 is 1.40 bits per heavy atom. The summed E-state index contributed by atoms with van der Waals surface area (Å²) in [5.74, 6) is -0.282. The summed E-state index contributed by atoms with van der Waals surface area (Å²) in [7, 11) is -3.36. The van der Waals surface area contributed by atoms with E-state index in [9.17, 15) is 13.2 Å². The number of rotatable bonds is 8. The second kappa shape index (κ2) is 9.26. The van der Waals surface area contributed by atoms with Crippen molar-refractivity contribution in [3.63, 3.8) is 0 Å². The highest BCUT2D eigenvalue weighted by molar-refractivity contribution is 7.88. The van der Waals surface area contributed by atoms with Gasteiger partial charge in [0, 0.05) is 37.5 Å². The Labute approximate surface area is 149 Å². The fourth-order valence-corrected chi connectivity index (χ4v) is 3.88. The lowest BCUT2D eigenvalue weighted by Gasteiger charge is -2.35. The zero-order valence-electron chi connectivity index (χ0n) is 14.8. The zero-order chi connectivity index (χ0) is 18.3. The second-order valence-electron chi connectivity index (χ2n) is 6.49. The topological polar surface area (TPSA) is 97.4 Å². The van der Waals surface area contributed by atoms with Crippen LogP contribution in [-0.4, -0.2) is 44.3 Å². The number of carbonyl (C=O) groups excluding carboxylic acids is 1. The van der Waals surface area contributed by atoms with E-state index in [1.807, 2.05) is 19.1 Å². The fraction of sp³-hybridized carbons (Fsp3) is 0.647. The van der Waals surface area contributed by atoms with Gasteiger partial charge in [0.2, 0.25) is 15.9 Å². The van der Waals surface area contributed by atoms with Gasteiger partial charge in [0.25, 0.3) is 0 Å². The summed E-state index contributed by atoms with van der Waals surface area (Å²) in [5.41, 5.74) is 0.932. The number of nitrogens with zero attached hydrogens (tertiary/aromatic N) is 1. The summed E-state index contributed by atoms with van der Waals surface area (Å²) in [5, 5.41) is 2.91. The van der Waals surface area contributed by atoms with Crippen LogP contribution in [0, 0.1) is 5.92 Å². The maximum atomic E-state index is 12.5. The molecule has 2 N–H and O–H groups in total. The first-order chi connectivity index (χ1) is 11.9. The molecule has 1 aromatic rings. The van der Waals surface area contributed by atoms with Gasteiger partial charge in [0.1, 0.15) is 0 Å². The summed E-state index contributed by atoms with van der Waals surface area (Å²) in [4.78, 5) is 16.5. The third kappa shape index (κ3) is 6.72. The minimum Gasteiger partial charge on any atom is -0.377 e. The smallest absolute Gasteiger partial charge is 0.223 e. The first kappa shape index (κ1) is 19.8. The molecule has 0 aliphatic heterocycles. The molecule has 1 amide bonds. The second-order valence-corrected chi connectivity index (χ2v) is 8.27. The van der Waals surface area contributed by atoms with Crippen molar-refractivity contribution in [3.05, 3.63) is 30.1 Å². The number of hydrogen-bond donors (Lipinski definition) is 2. The molecule has 1 aliphatic carbocycles. The lowest BCUT2D eigenvalue weighted by atomic mass is 9.83. The highest BCUT2D eigenvalue weighted by Crippen LogP contribution is 2.27. The van der Waals surface area contributed by atoms with Gasteiger partial charge in [-0.25, -0.2) is 13.1 Å². The number of pyridine rings is 1. The molecular weight excluding hydrogens is 342 g/mol. The van der Waals surface area contributed by atoms with Gasteiger partial charge in [-0.1, -0.05) is 13.0 Å². The van der Waals surface area contributed by atoms with E-state index in [-0.39, 0.29) is 24.0 Å². The van der Waals surface area contributed by atoms with Crippen molar-refractivity contribution in [1.82, 2.24) is 15.0 Å². The largest absolute Gasteiger partial charge is 0.377 e. The summed E-state index contributed by atoms with van der Waals surface area (Å²) < 4.78 is 31.7. The van der Waals surface area contributed by atoms with Crippen LogP contribution in [0.25, 0.3) is 0 Å². The molecule has 3 atom stereocenters. The van der Waals surface area contributed by atoms with Gasteiger partial charge in [-0.15, -0.1) is 0 Å². The first-order valence-electron chi connectivity index (χ1n) is 8.64. The molecular formula is C17H27N3O4S. The van der Waals surface area contributed by atoms with Gasteiger partial charge >= 0.3 is 0 Å². The number of ether oxygens (including phenoxy) is 1. The van der Waals surface area contributed by atoms with Crippen LogP contribution in [0.4, 0.5) is 0 Å². The third-order valence-corrected chi connectivity index (χ3v) is 4.98. The average Bonchev–Trinajstić information content (AvgIpc) is 2.58. The van der Waals surface area contributed by atoms with Gasteiger partial charge in [-0.3, -0.25) is 9.78 Å². The molecule has 7 nitrogen and oxygen atoms in total. The Morgan fingerprint density at radius 2 is 2.20 bits per heavy atom. The molecule has 0 radical (unpaired) electrons. The van der Waals surface area contributed by atoms with Crippen molar-refractivity contribution in [2.24, 2.45) is 5.92 Å². The fourth-order valence-electron chi connectivity index (χ4n) is 3.08. The molecule has 140 valence electrons. The molecule has 8 heteroatoms. The van der Waals surface area contributed by atoms with Crippen LogP contribution in [0.15, 0.2) is 24.5 Å². The van der Waals surface area contributed by atoms with Crippen LogP contribution in [0.1, 0.15) is 38.2 Å². The molecule has 1 aliphatic rings. The van der Waals surface area contributed by atoms with Crippen LogP contribution in [-0.2, 0) is 26.1 Å². The minimum atomic E-state index is -3.36. The molecule has 1 fully saturated rings. The number of carbonyl (C=O) groups is 1. The molecule has 0 unspecified atom stereocenters. The summed E-state index contributed by atoms with van der Waals surface area (Å²) >= 11 is 0. The van der Waals surface area contributed by atoms with E-state index < -0.39 is 10.0 Å². The molecule has 0 aromatic carbocycles. The van der Waals surface area contributed by atoms with Crippen LogP contribution >= 0.6 is 0 Å². The van der Waals surface area contributed by atoms with Crippen molar-refractivity contribution in [2.75, 3.05) is 12.9 Å². The SMILES string of the molecule is CCCO[C@@H]1CC[C@H](C(=O)NCc2cccnc2)C[C@H]1NS(C)(=O)=O. The first-order valence-corrected chi connectivity index (χ1v) is 10.5. The Bertz CT molecular complexity index is 651. The van der Waals surface area contributed by atoms with Gasteiger partial charge in [-0.2, -0.15) is 0 Å². The van der Waals surface area contributed by atoms with E-state index in [0.717, 1.165) is 18.2 Å². The van der Waals surface area contributed by atoms with Gasteiger partial charge in [0.05, 0.1) is 12.4 Å². The number of hydrogen-bond acceptors (Lipinski definition) is 5. The van der Waals surface area contributed by atoms with Gasteiger partial charge in [-0.05, 0) is 37.3 Å². The van der Waals surface area contributed by atoms with E-state index in [4.69, 9.17) is 4.74 Å². The van der Waals surface area contributed by atoms with Crippen molar-refractivity contribution < 1.29 is 17.9 Å². The zero-order valence-corrected chi connectivity index (χ0v) is 15.6. The molecule has 25 heavy (non-hydrogen) atoms. The van der Waals surface area contributed by atoms with Crippen LogP contribution < -0.4 is 10.0 Å². The number of aromatic nitrogens is 1. The van der Waals surface area contributed by atoms with Crippen molar-refractivity contribution in [3.8, 4) is 0 Å². The van der Waals surface area contributed by atoms with E-state index in [0.29, 0.717) is 32.4 Å². The standard InChI is InChI=1S/C17H27N3O4S/c1-3-9-24-16-7-6-14(10-15(16)20-25(2,22)23)17(21)19-12-13-5-4-8-18-11-13/h4-5,8,11,14-16,20H,3,6-7,9-10,12H2,1-2H3,(H,19,21)/t14-,15+,16+/m0/s1. The van der Waals surface area contributed by atoms with Crippen molar-refractivity contribution in [2.45, 2.75) is 51.3 Å². The molecule has 1 aromatic heterocycles. The number of sulfonamides is 1. The Morgan fingerprint density at radius 3 is 2.84 bits per heavy atom. The summed E-state index contributed by atoms with van der Waals surface area (Å²) in [6, 6.07) is 3.35. The predicted octanol–water partition coefficient (Wildman–Crippen LogP) is 1.21. The average molecular weight is 369 g/mol. The van der Waals surface area contributed by atoms with Crippen LogP contribution in [0.5, 0.6) is 0 Å². The number of nitrogens with one attached hydrogen (secondary N) is 2. The van der Waals surface area contributed by atoms with Crippen LogP contribution in [0.2, 0.25) is 0 Å². The molecule has 0 saturated heterocycles. The minimum absolute atomic E-state index is 0.0573. The van der Waals surface area contributed by atoms with E-state index >= 15 is 0 Å². The van der Waals surface area contributed by atoms with Crippen molar-refractivity contribution >= 4 is 15.9 Å². The lowest BCUT2D eigenvalue weighted by molar-refractivity contribution is -0.127. The molecule has 0 spiro atoms. The molecule has 1 heterocycles. The van der Waals surface area contributed by atoms with Crippen molar-refractivity contribution in [1.29, 1.82) is 0 Å². The highest BCUT2D eigenvalue weighted by Gasteiger charge is 2.35. The number of amides is 1. The van der Waals surface area contributed by atoms with Gasteiger partial charge < -0.3 is 10.1 Å². The molecule has 0 bridgehead atoms. The monoisotopic (exact) mass is 369 g/mol. The Hall–Kier alpha value is -1.51. The predicted molar refractivity (Wildman–Crippen MR) is 95.2 cm³/mol. The van der Waals surface area contributed by atoms with E-state index in [2.05, 4.69) is 15.0 Å². The quantitative estimate of drug-likeness (QED) is 0.718. The highest BCUT2D eigenvalue weighted by atomic mass is 32.2. The maximum absolute atomic E-state index is 12.5. The maximum Gasteiger partial charge on any atom is 0.223 e. The van der Waals surface area contributed by atoms with E-state index in [1.54, 1.807) is 12.4 Å². The molecule has 1 saturated carbocycles. The van der Waals surface area contributed by atoms with Crippen LogP contribution in [0.3, 0.4) is 0 Å². The summed E-state index contributed by atoms with van der Waals surface area (Å²) in [6.07, 6.45) is 7.02.